The molecular weight excluding hydrogens is 417 g/mol. The lowest BCUT2D eigenvalue weighted by molar-refractivity contribution is -0.140. The van der Waals surface area contributed by atoms with Gasteiger partial charge in [-0.25, -0.2) is 9.59 Å². The first-order chi connectivity index (χ1) is 14.7. The molecule has 0 bridgehead atoms. The summed E-state index contributed by atoms with van der Waals surface area (Å²) in [4.78, 5) is 40.4. The molecule has 2 N–H and O–H groups in total. The number of carbonyl (C=O) groups is 3. The van der Waals surface area contributed by atoms with Crippen LogP contribution in [0, 0.1) is 0 Å². The van der Waals surface area contributed by atoms with Gasteiger partial charge in [0.05, 0.1) is 24.0 Å². The summed E-state index contributed by atoms with van der Waals surface area (Å²) in [5, 5.41) is 4.59. The van der Waals surface area contributed by atoms with Crippen LogP contribution in [0.1, 0.15) is 36.0 Å². The van der Waals surface area contributed by atoms with Crippen molar-refractivity contribution >= 4 is 29.3 Å². The number of amides is 3. The van der Waals surface area contributed by atoms with Gasteiger partial charge in [-0.1, -0.05) is 0 Å². The number of esters is 1. The first kappa shape index (κ1) is 22.7. The molecule has 0 radical (unpaired) electrons. The maximum Gasteiger partial charge on any atom is 0.405 e. The van der Waals surface area contributed by atoms with Crippen molar-refractivity contribution in [3.63, 3.8) is 0 Å². The largest absolute Gasteiger partial charge is 0.465 e. The normalized spacial score (nSPS) is 18.8. The Morgan fingerprint density at radius 2 is 1.84 bits per heavy atom. The van der Waals surface area contributed by atoms with E-state index >= 15 is 0 Å². The van der Waals surface area contributed by atoms with Crippen LogP contribution in [0.4, 0.5) is 29.3 Å². The number of nitrogens with zero attached hydrogens (tertiary/aromatic N) is 2. The van der Waals surface area contributed by atoms with E-state index < -0.39 is 36.7 Å². The van der Waals surface area contributed by atoms with Gasteiger partial charge in [-0.2, -0.15) is 13.2 Å². The van der Waals surface area contributed by atoms with Gasteiger partial charge in [0.25, 0.3) is 0 Å². The standard InChI is InChI=1S/C20H25F3N4O4/c1-31-18(29)13-6-7-15(26-8-2-3-9-26)14(11-13)25-19(30)27-10-4-5-16(27)17(28)24-12-20(21,22)23/h6-7,11,16H,2-5,8-10,12H2,1H3,(H,24,28)(H,25,30). The first-order valence-corrected chi connectivity index (χ1v) is 10.1. The Morgan fingerprint density at radius 1 is 1.13 bits per heavy atom. The lowest BCUT2D eigenvalue weighted by Crippen LogP contribution is -2.49. The van der Waals surface area contributed by atoms with E-state index in [-0.39, 0.29) is 18.5 Å². The average Bonchev–Trinajstić information content (AvgIpc) is 3.42. The summed E-state index contributed by atoms with van der Waals surface area (Å²) in [6, 6.07) is 3.25. The maximum atomic E-state index is 12.9. The van der Waals surface area contributed by atoms with E-state index in [0.717, 1.165) is 31.6 Å². The van der Waals surface area contributed by atoms with Crippen molar-refractivity contribution < 1.29 is 32.3 Å². The van der Waals surface area contributed by atoms with Gasteiger partial charge in [0, 0.05) is 19.6 Å². The number of carbonyl (C=O) groups excluding carboxylic acids is 3. The zero-order valence-electron chi connectivity index (χ0n) is 17.1. The fraction of sp³-hybridized carbons (Fsp3) is 0.550. The van der Waals surface area contributed by atoms with Crippen molar-refractivity contribution in [2.24, 2.45) is 0 Å². The monoisotopic (exact) mass is 442 g/mol. The minimum Gasteiger partial charge on any atom is -0.465 e. The molecule has 2 heterocycles. The minimum atomic E-state index is -4.53. The molecule has 0 aromatic heterocycles. The van der Waals surface area contributed by atoms with Crippen LogP contribution in [0.25, 0.3) is 0 Å². The number of likely N-dealkylation sites (tertiary alicyclic amines) is 1. The lowest BCUT2D eigenvalue weighted by atomic mass is 10.1. The molecule has 1 atom stereocenters. The number of halogens is 3. The Morgan fingerprint density at radius 3 is 2.48 bits per heavy atom. The van der Waals surface area contributed by atoms with Gasteiger partial charge in [0.1, 0.15) is 12.6 Å². The molecule has 3 rings (SSSR count). The summed E-state index contributed by atoms with van der Waals surface area (Å²) in [6.07, 6.45) is -1.75. The van der Waals surface area contributed by atoms with Crippen LogP contribution >= 0.6 is 0 Å². The second kappa shape index (κ2) is 9.44. The highest BCUT2D eigenvalue weighted by Crippen LogP contribution is 2.31. The number of ether oxygens (including phenoxy) is 1. The summed E-state index contributed by atoms with van der Waals surface area (Å²) in [5.74, 6) is -1.40. The fourth-order valence-electron chi connectivity index (χ4n) is 3.89. The van der Waals surface area contributed by atoms with Gasteiger partial charge in [0.15, 0.2) is 0 Å². The van der Waals surface area contributed by atoms with Crippen molar-refractivity contribution in [2.75, 3.05) is 43.5 Å². The molecule has 8 nitrogen and oxygen atoms in total. The van der Waals surface area contributed by atoms with E-state index in [1.54, 1.807) is 12.1 Å². The van der Waals surface area contributed by atoms with Crippen LogP contribution in [0.15, 0.2) is 18.2 Å². The Bertz CT molecular complexity index is 840. The summed E-state index contributed by atoms with van der Waals surface area (Å²) in [7, 11) is 1.25. The van der Waals surface area contributed by atoms with Crippen LogP contribution in [0.2, 0.25) is 0 Å². The Labute approximate surface area is 177 Å². The van der Waals surface area contributed by atoms with E-state index in [2.05, 4.69) is 10.2 Å². The first-order valence-electron chi connectivity index (χ1n) is 10.1. The second-order valence-corrected chi connectivity index (χ2v) is 7.53. The smallest absolute Gasteiger partial charge is 0.405 e. The van der Waals surface area contributed by atoms with E-state index in [4.69, 9.17) is 4.74 Å². The summed E-state index contributed by atoms with van der Waals surface area (Å²) in [5.41, 5.74) is 1.37. The number of methoxy groups -OCH3 is 1. The van der Waals surface area contributed by atoms with Crippen LogP contribution in [0.3, 0.4) is 0 Å². The van der Waals surface area contributed by atoms with E-state index in [9.17, 15) is 27.6 Å². The fourth-order valence-corrected chi connectivity index (χ4v) is 3.89. The van der Waals surface area contributed by atoms with Gasteiger partial charge < -0.3 is 25.2 Å². The minimum absolute atomic E-state index is 0.242. The molecule has 2 aliphatic rings. The van der Waals surface area contributed by atoms with Crippen molar-refractivity contribution in [1.82, 2.24) is 10.2 Å². The number of alkyl halides is 3. The summed E-state index contributed by atoms with van der Waals surface area (Å²) in [6.45, 7) is 0.392. The number of urea groups is 1. The third-order valence-corrected chi connectivity index (χ3v) is 5.39. The van der Waals surface area contributed by atoms with E-state index in [0.29, 0.717) is 12.1 Å². The highest BCUT2D eigenvalue weighted by Gasteiger charge is 2.36. The van der Waals surface area contributed by atoms with Crippen molar-refractivity contribution in [3.8, 4) is 0 Å². The van der Waals surface area contributed by atoms with Gasteiger partial charge in [-0.3, -0.25) is 4.79 Å². The number of benzene rings is 1. The molecular formula is C20H25F3N4O4. The van der Waals surface area contributed by atoms with E-state index in [1.165, 1.54) is 18.1 Å². The number of anilines is 2. The molecule has 1 unspecified atom stereocenters. The van der Waals surface area contributed by atoms with Gasteiger partial charge in [-0.15, -0.1) is 0 Å². The average molecular weight is 442 g/mol. The molecule has 3 amide bonds. The SMILES string of the molecule is COC(=O)c1ccc(N2CCCC2)c(NC(=O)N2CCCC2C(=O)NCC(F)(F)F)c1. The quantitative estimate of drug-likeness (QED) is 0.685. The highest BCUT2D eigenvalue weighted by atomic mass is 19.4. The Kier molecular flexibility index (Phi) is 6.91. The highest BCUT2D eigenvalue weighted by molar-refractivity contribution is 5.99. The molecule has 0 saturated carbocycles. The predicted octanol–water partition coefficient (Wildman–Crippen LogP) is 2.75. The van der Waals surface area contributed by atoms with Crippen LogP contribution in [-0.4, -0.2) is 68.3 Å². The molecule has 170 valence electrons. The third-order valence-electron chi connectivity index (χ3n) is 5.39. The van der Waals surface area contributed by atoms with Crippen molar-refractivity contribution in [1.29, 1.82) is 0 Å². The van der Waals surface area contributed by atoms with Crippen LogP contribution < -0.4 is 15.5 Å². The molecule has 0 spiro atoms. The third kappa shape index (κ3) is 5.59. The molecule has 31 heavy (non-hydrogen) atoms. The molecule has 2 fully saturated rings. The van der Waals surface area contributed by atoms with Crippen molar-refractivity contribution in [3.05, 3.63) is 23.8 Å². The zero-order chi connectivity index (χ0) is 22.6. The van der Waals surface area contributed by atoms with Gasteiger partial charge >= 0.3 is 18.2 Å². The molecule has 11 heteroatoms. The number of rotatable bonds is 5. The lowest BCUT2D eigenvalue weighted by Gasteiger charge is -2.27. The van der Waals surface area contributed by atoms with Gasteiger partial charge in [0.2, 0.25) is 5.91 Å². The number of hydrogen-bond donors (Lipinski definition) is 2. The molecule has 2 aliphatic heterocycles. The molecule has 1 aromatic rings. The second-order valence-electron chi connectivity index (χ2n) is 7.53. The summed E-state index contributed by atoms with van der Waals surface area (Å²) >= 11 is 0. The van der Waals surface area contributed by atoms with Gasteiger partial charge in [-0.05, 0) is 43.9 Å². The number of nitrogens with one attached hydrogen (secondary N) is 2. The Hall–Kier alpha value is -2.98. The number of hydrogen-bond acceptors (Lipinski definition) is 5. The Balaban J connectivity index is 1.77. The molecule has 1 aromatic carbocycles. The summed E-state index contributed by atoms with van der Waals surface area (Å²) < 4.78 is 42.0. The van der Waals surface area contributed by atoms with Crippen LogP contribution in [-0.2, 0) is 9.53 Å². The molecule has 2 saturated heterocycles. The maximum absolute atomic E-state index is 12.9. The van der Waals surface area contributed by atoms with Crippen LogP contribution in [0.5, 0.6) is 0 Å². The zero-order valence-corrected chi connectivity index (χ0v) is 17.1. The van der Waals surface area contributed by atoms with Crippen molar-refractivity contribution in [2.45, 2.75) is 37.9 Å². The topological polar surface area (TPSA) is 91.0 Å². The molecule has 0 aliphatic carbocycles. The predicted molar refractivity (Wildman–Crippen MR) is 107 cm³/mol. The van der Waals surface area contributed by atoms with E-state index in [1.807, 2.05) is 5.32 Å².